The zero-order valence-corrected chi connectivity index (χ0v) is 15.7. The molecule has 1 aliphatic heterocycles. The molecule has 0 bridgehead atoms. The van der Waals surface area contributed by atoms with E-state index in [1.165, 1.54) is 7.11 Å². The number of ether oxygens (including phenoxy) is 2. The third-order valence-corrected chi connectivity index (χ3v) is 7.00. The highest BCUT2D eigenvalue weighted by Crippen LogP contribution is 2.61. The summed E-state index contributed by atoms with van der Waals surface area (Å²) in [5.41, 5.74) is 0.514. The van der Waals surface area contributed by atoms with Crippen LogP contribution in [-0.2, 0) is 23.9 Å². The smallest absolute Gasteiger partial charge is 0.334 e. The molecule has 2 saturated carbocycles. The van der Waals surface area contributed by atoms with Crippen molar-refractivity contribution >= 4 is 18.2 Å². The largest absolute Gasteiger partial charge is 0.469 e. The molecule has 2 fully saturated rings. The topological polar surface area (TPSA) is 69.7 Å². The van der Waals surface area contributed by atoms with Crippen LogP contribution in [0.2, 0.25) is 0 Å². The Hall–Kier alpha value is -1.91. The number of allylic oxidation sites excluding steroid dienone is 1. The van der Waals surface area contributed by atoms with Crippen molar-refractivity contribution in [1.29, 1.82) is 0 Å². The maximum atomic E-state index is 12.6. The van der Waals surface area contributed by atoms with Gasteiger partial charge in [0.05, 0.1) is 12.5 Å². The minimum Gasteiger partial charge on any atom is -0.469 e. The SMILES string of the molecule is C=C1CC[C@@H]2[C@](C=O)(CCC[C@]2(C)C(=O)OC)[C@H]1CCC1=CCOC1=O. The van der Waals surface area contributed by atoms with Gasteiger partial charge in [-0.05, 0) is 63.4 Å². The van der Waals surface area contributed by atoms with Crippen molar-refractivity contribution in [3.8, 4) is 0 Å². The molecule has 0 unspecified atom stereocenters. The van der Waals surface area contributed by atoms with Crippen LogP contribution in [0.4, 0.5) is 0 Å². The Morgan fingerprint density at radius 2 is 2.23 bits per heavy atom. The zero-order valence-electron chi connectivity index (χ0n) is 15.7. The second-order valence-corrected chi connectivity index (χ2v) is 8.16. The lowest BCUT2D eigenvalue weighted by molar-refractivity contribution is -0.169. The van der Waals surface area contributed by atoms with E-state index in [9.17, 15) is 14.4 Å². The summed E-state index contributed by atoms with van der Waals surface area (Å²) in [5, 5.41) is 0. The predicted molar refractivity (Wildman–Crippen MR) is 96.1 cm³/mol. The standard InChI is InChI=1S/C21H28O5/c1-14-5-8-17-20(2,19(24)25-3)10-4-11-21(17,13-22)16(14)7-6-15-9-12-26-18(15)23/h9,13,16-17H,1,4-8,10-12H2,2-3H3/t16-,17-,20-,21-/m0/s1. The second-order valence-electron chi connectivity index (χ2n) is 8.16. The molecule has 5 heteroatoms. The third-order valence-electron chi connectivity index (χ3n) is 7.00. The number of carbonyl (C=O) groups excluding carboxylic acids is 3. The Labute approximate surface area is 154 Å². The number of hydrogen-bond donors (Lipinski definition) is 0. The van der Waals surface area contributed by atoms with Gasteiger partial charge in [0.2, 0.25) is 0 Å². The fourth-order valence-electron chi connectivity index (χ4n) is 5.66. The normalized spacial score (nSPS) is 36.8. The first-order valence-electron chi connectivity index (χ1n) is 9.47. The van der Waals surface area contributed by atoms with Crippen molar-refractivity contribution in [1.82, 2.24) is 0 Å². The molecule has 1 heterocycles. The molecule has 26 heavy (non-hydrogen) atoms. The Bertz CT molecular complexity index is 663. The quantitative estimate of drug-likeness (QED) is 0.427. The number of methoxy groups -OCH3 is 1. The van der Waals surface area contributed by atoms with E-state index in [4.69, 9.17) is 9.47 Å². The van der Waals surface area contributed by atoms with Crippen molar-refractivity contribution < 1.29 is 23.9 Å². The molecule has 0 amide bonds. The molecule has 0 radical (unpaired) electrons. The lowest BCUT2D eigenvalue weighted by Gasteiger charge is -2.56. The molecule has 142 valence electrons. The summed E-state index contributed by atoms with van der Waals surface area (Å²) in [6, 6.07) is 0. The molecule has 0 N–H and O–H groups in total. The van der Waals surface area contributed by atoms with Crippen LogP contribution in [0.25, 0.3) is 0 Å². The predicted octanol–water partition coefficient (Wildman–Crippen LogP) is 3.38. The van der Waals surface area contributed by atoms with Crippen LogP contribution in [0.5, 0.6) is 0 Å². The summed E-state index contributed by atoms with van der Waals surface area (Å²) in [6.07, 6.45) is 8.08. The third kappa shape index (κ3) is 2.81. The highest BCUT2D eigenvalue weighted by atomic mass is 16.5. The summed E-state index contributed by atoms with van der Waals surface area (Å²) in [6.45, 7) is 6.53. The number of fused-ring (bicyclic) bond motifs is 1. The monoisotopic (exact) mass is 360 g/mol. The van der Waals surface area contributed by atoms with Crippen LogP contribution in [-0.4, -0.2) is 31.9 Å². The van der Waals surface area contributed by atoms with E-state index >= 15 is 0 Å². The van der Waals surface area contributed by atoms with E-state index in [0.717, 1.165) is 44.0 Å². The van der Waals surface area contributed by atoms with E-state index in [1.807, 2.05) is 13.0 Å². The molecule has 0 aromatic rings. The number of esters is 2. The summed E-state index contributed by atoms with van der Waals surface area (Å²) >= 11 is 0. The molecule has 0 saturated heterocycles. The molecular formula is C21H28O5. The number of cyclic esters (lactones) is 1. The lowest BCUT2D eigenvalue weighted by Crippen LogP contribution is -2.55. The second kappa shape index (κ2) is 7.01. The highest BCUT2D eigenvalue weighted by Gasteiger charge is 2.60. The molecule has 0 aromatic heterocycles. The summed E-state index contributed by atoms with van der Waals surface area (Å²) in [7, 11) is 1.42. The molecule has 0 spiro atoms. The number of hydrogen-bond acceptors (Lipinski definition) is 5. The first-order chi connectivity index (χ1) is 12.4. The Balaban J connectivity index is 1.90. The Kier molecular flexibility index (Phi) is 5.09. The fourth-order valence-corrected chi connectivity index (χ4v) is 5.66. The van der Waals surface area contributed by atoms with Crippen molar-refractivity contribution in [2.45, 2.75) is 51.9 Å². The zero-order chi connectivity index (χ0) is 18.9. The van der Waals surface area contributed by atoms with Gasteiger partial charge in [-0.3, -0.25) is 4.79 Å². The maximum Gasteiger partial charge on any atom is 0.334 e. The number of rotatable bonds is 5. The number of aldehydes is 1. The van der Waals surface area contributed by atoms with Gasteiger partial charge in [0, 0.05) is 11.0 Å². The molecule has 5 nitrogen and oxygen atoms in total. The van der Waals surface area contributed by atoms with Gasteiger partial charge < -0.3 is 14.3 Å². The van der Waals surface area contributed by atoms with Gasteiger partial charge in [0.1, 0.15) is 12.9 Å². The molecule has 4 atom stereocenters. The van der Waals surface area contributed by atoms with Crippen molar-refractivity contribution in [2.24, 2.45) is 22.7 Å². The van der Waals surface area contributed by atoms with E-state index in [0.29, 0.717) is 25.0 Å². The minimum absolute atomic E-state index is 0.0164. The van der Waals surface area contributed by atoms with Gasteiger partial charge in [-0.1, -0.05) is 18.6 Å². The van der Waals surface area contributed by atoms with E-state index in [2.05, 4.69) is 6.58 Å². The Morgan fingerprint density at radius 3 is 2.85 bits per heavy atom. The average Bonchev–Trinajstić information content (AvgIpc) is 3.05. The molecule has 2 aliphatic carbocycles. The van der Waals surface area contributed by atoms with Crippen molar-refractivity contribution in [2.75, 3.05) is 13.7 Å². The van der Waals surface area contributed by atoms with Gasteiger partial charge in [-0.2, -0.15) is 0 Å². The first-order valence-corrected chi connectivity index (χ1v) is 9.47. The summed E-state index contributed by atoms with van der Waals surface area (Å²) in [5.74, 6) is -0.543. The van der Waals surface area contributed by atoms with Crippen LogP contribution in [0.3, 0.4) is 0 Å². The van der Waals surface area contributed by atoms with Crippen molar-refractivity contribution in [3.05, 3.63) is 23.8 Å². The van der Waals surface area contributed by atoms with Gasteiger partial charge in [-0.25, -0.2) is 4.79 Å². The van der Waals surface area contributed by atoms with E-state index in [-0.39, 0.29) is 23.8 Å². The van der Waals surface area contributed by atoms with Crippen LogP contribution in [0.15, 0.2) is 23.8 Å². The average molecular weight is 360 g/mol. The van der Waals surface area contributed by atoms with Gasteiger partial charge in [-0.15, -0.1) is 0 Å². The molecule has 0 aromatic carbocycles. The maximum absolute atomic E-state index is 12.6. The minimum atomic E-state index is -0.640. The molecule has 3 rings (SSSR count). The fraction of sp³-hybridized carbons (Fsp3) is 0.667. The molecule has 3 aliphatic rings. The van der Waals surface area contributed by atoms with Gasteiger partial charge >= 0.3 is 11.9 Å². The summed E-state index contributed by atoms with van der Waals surface area (Å²) < 4.78 is 10.1. The highest BCUT2D eigenvalue weighted by molar-refractivity contribution is 5.90. The lowest BCUT2D eigenvalue weighted by atomic mass is 9.46. The summed E-state index contributed by atoms with van der Waals surface area (Å²) in [4.78, 5) is 36.7. The van der Waals surface area contributed by atoms with Crippen LogP contribution in [0.1, 0.15) is 51.9 Å². The van der Waals surface area contributed by atoms with Gasteiger partial charge in [0.15, 0.2) is 0 Å². The van der Waals surface area contributed by atoms with E-state index < -0.39 is 10.8 Å². The first kappa shape index (κ1) is 18.9. The Morgan fingerprint density at radius 1 is 1.46 bits per heavy atom. The molecular weight excluding hydrogens is 332 g/mol. The van der Waals surface area contributed by atoms with Crippen LogP contribution >= 0.6 is 0 Å². The van der Waals surface area contributed by atoms with Crippen LogP contribution < -0.4 is 0 Å². The van der Waals surface area contributed by atoms with Gasteiger partial charge in [0.25, 0.3) is 0 Å². The number of carbonyl (C=O) groups is 3. The van der Waals surface area contributed by atoms with E-state index in [1.54, 1.807) is 0 Å². The van der Waals surface area contributed by atoms with Crippen molar-refractivity contribution in [3.63, 3.8) is 0 Å². The van der Waals surface area contributed by atoms with Crippen LogP contribution in [0, 0.1) is 22.7 Å².